The Morgan fingerprint density at radius 1 is 0.615 bits per heavy atom. The van der Waals surface area contributed by atoms with Crippen LogP contribution in [0.5, 0.6) is 0 Å². The van der Waals surface area contributed by atoms with Gasteiger partial charge in [-0.1, -0.05) is 0 Å². The second-order valence-electron chi connectivity index (χ2n) is 4.50. The smallest absolute Gasteiger partial charge is 0.410 e. The highest BCUT2D eigenvalue weighted by Crippen LogP contribution is 2.60. The molecule has 0 aromatic rings. The normalized spacial score (nSPS) is 16.3. The molecule has 0 aliphatic heterocycles. The van der Waals surface area contributed by atoms with E-state index in [4.69, 9.17) is 10.2 Å². The molecular weight excluding hydrogens is 419 g/mol. The zero-order valence-electron chi connectivity index (χ0n) is 11.2. The van der Waals surface area contributed by atoms with Crippen LogP contribution in [0.1, 0.15) is 0 Å². The number of carboxylic acids is 2. The molecule has 0 bridgehead atoms. The fourth-order valence-electron chi connectivity index (χ4n) is 1.25. The Morgan fingerprint density at radius 2 is 0.923 bits per heavy atom. The molecule has 1 atom stereocenters. The van der Waals surface area contributed by atoms with Crippen LogP contribution < -0.4 is 0 Å². The van der Waals surface area contributed by atoms with Gasteiger partial charge in [0.05, 0.1) is 0 Å². The fourth-order valence-corrected chi connectivity index (χ4v) is 1.25. The van der Waals surface area contributed by atoms with Crippen molar-refractivity contribution in [3.63, 3.8) is 0 Å². The van der Waals surface area contributed by atoms with Crippen LogP contribution in [-0.4, -0.2) is 63.9 Å². The van der Waals surface area contributed by atoms with E-state index >= 15 is 0 Å². The van der Waals surface area contributed by atoms with Crippen molar-refractivity contribution in [1.82, 2.24) is 0 Å². The molecule has 0 amide bonds. The summed E-state index contributed by atoms with van der Waals surface area (Å²) in [4.78, 5) is 19.7. The number of carbonyl (C=O) groups is 2. The van der Waals surface area contributed by atoms with Crippen molar-refractivity contribution in [2.24, 2.45) is 0 Å². The second-order valence-corrected chi connectivity index (χ2v) is 4.50. The van der Waals surface area contributed by atoms with E-state index < -0.39 is 53.6 Å². The van der Waals surface area contributed by atoms with Crippen molar-refractivity contribution < 1.29 is 76.9 Å². The molecular formula is C9H3F13O4. The molecule has 1 unspecified atom stereocenters. The number of halogens is 13. The Bertz CT molecular complexity index is 584. The van der Waals surface area contributed by atoms with Crippen molar-refractivity contribution in [3.8, 4) is 0 Å². The molecule has 4 nitrogen and oxygen atoms in total. The molecule has 0 aromatic carbocycles. The Kier molecular flexibility index (Phi) is 5.58. The van der Waals surface area contributed by atoms with E-state index in [1.165, 1.54) is 0 Å². The van der Waals surface area contributed by atoms with Gasteiger partial charge in [-0.2, -0.15) is 52.7 Å². The molecule has 0 aromatic heterocycles. The third-order valence-electron chi connectivity index (χ3n) is 2.80. The first-order chi connectivity index (χ1) is 11.0. The van der Waals surface area contributed by atoms with Crippen molar-refractivity contribution in [2.45, 2.75) is 41.7 Å². The van der Waals surface area contributed by atoms with Gasteiger partial charge in [-0.15, -0.1) is 0 Å². The summed E-state index contributed by atoms with van der Waals surface area (Å²) in [6.07, 6.45) is -5.35. The first-order valence-corrected chi connectivity index (χ1v) is 5.42. The minimum atomic E-state index is -8.24. The van der Waals surface area contributed by atoms with Crippen molar-refractivity contribution >= 4 is 11.9 Å². The third kappa shape index (κ3) is 2.80. The minimum absolute atomic E-state index is 3.61. The van der Waals surface area contributed by atoms with E-state index in [2.05, 4.69) is 0 Å². The molecule has 0 aliphatic carbocycles. The molecule has 2 N–H and O–H groups in total. The topological polar surface area (TPSA) is 74.6 Å². The lowest BCUT2D eigenvalue weighted by Gasteiger charge is -2.40. The van der Waals surface area contributed by atoms with E-state index in [-0.39, 0.29) is 0 Å². The average molecular weight is 422 g/mol. The van der Waals surface area contributed by atoms with Gasteiger partial charge < -0.3 is 10.2 Å². The lowest BCUT2D eigenvalue weighted by Crippen LogP contribution is -2.73. The van der Waals surface area contributed by atoms with E-state index in [0.29, 0.717) is 0 Å². The highest BCUT2D eigenvalue weighted by atomic mass is 19.4. The summed E-state index contributed by atoms with van der Waals surface area (Å²) in [5, 5.41) is 15.4. The number of carboxylic acid groups (broad SMARTS) is 2. The maximum atomic E-state index is 13.0. The molecule has 0 saturated heterocycles. The maximum Gasteiger partial charge on any atom is 0.410 e. The predicted octanol–water partition coefficient (Wildman–Crippen LogP) is 3.31. The Hall–Kier alpha value is -1.97. The number of aliphatic carboxylic acids is 2. The molecule has 0 radical (unpaired) electrons. The Labute approximate surface area is 132 Å². The Morgan fingerprint density at radius 3 is 1.19 bits per heavy atom. The van der Waals surface area contributed by atoms with Crippen LogP contribution in [0.4, 0.5) is 57.1 Å². The van der Waals surface area contributed by atoms with Gasteiger partial charge in [0.2, 0.25) is 0 Å². The second kappa shape index (κ2) is 6.04. The molecule has 26 heavy (non-hydrogen) atoms. The van der Waals surface area contributed by atoms with Gasteiger partial charge in [-0.05, 0) is 0 Å². The van der Waals surface area contributed by atoms with Crippen LogP contribution in [0.2, 0.25) is 0 Å². The van der Waals surface area contributed by atoms with Crippen molar-refractivity contribution in [1.29, 1.82) is 0 Å². The molecule has 0 rings (SSSR count). The largest absolute Gasteiger partial charge is 0.479 e. The molecule has 0 saturated carbocycles. The third-order valence-corrected chi connectivity index (χ3v) is 2.80. The SMILES string of the molecule is O=C(O)C(F)C(F)(F)C(F)(F)C(F)(F)C(F)(F)C(F)(F)C(F)(F)C(=O)O. The van der Waals surface area contributed by atoms with Gasteiger partial charge >= 0.3 is 47.5 Å². The lowest BCUT2D eigenvalue weighted by atomic mass is 9.90. The van der Waals surface area contributed by atoms with Crippen LogP contribution >= 0.6 is 0 Å². The van der Waals surface area contributed by atoms with Gasteiger partial charge in [0.25, 0.3) is 6.17 Å². The first-order valence-electron chi connectivity index (χ1n) is 5.42. The van der Waals surface area contributed by atoms with Crippen LogP contribution in [0.25, 0.3) is 0 Å². The molecule has 0 fully saturated rings. The van der Waals surface area contributed by atoms with Crippen LogP contribution in [0.3, 0.4) is 0 Å². The first kappa shape index (κ1) is 24.0. The van der Waals surface area contributed by atoms with Gasteiger partial charge in [0, 0.05) is 0 Å². The molecule has 0 aliphatic rings. The van der Waals surface area contributed by atoms with Crippen molar-refractivity contribution in [3.05, 3.63) is 0 Å². The minimum Gasteiger partial charge on any atom is -0.479 e. The average Bonchev–Trinajstić information content (AvgIpc) is 2.44. The summed E-state index contributed by atoms with van der Waals surface area (Å²) < 4.78 is 167. The quantitative estimate of drug-likeness (QED) is 0.589. The van der Waals surface area contributed by atoms with Crippen LogP contribution in [-0.2, 0) is 9.59 Å². The maximum absolute atomic E-state index is 13.0. The highest BCUT2D eigenvalue weighted by molar-refractivity contribution is 5.77. The summed E-state index contributed by atoms with van der Waals surface area (Å²) in [6.45, 7) is 0. The summed E-state index contributed by atoms with van der Waals surface area (Å²) in [5.41, 5.74) is 0. The summed E-state index contributed by atoms with van der Waals surface area (Å²) in [7, 11) is 0. The molecule has 17 heteroatoms. The predicted molar refractivity (Wildman–Crippen MR) is 49.8 cm³/mol. The zero-order chi connectivity index (χ0) is 21.7. The van der Waals surface area contributed by atoms with E-state index in [0.717, 1.165) is 0 Å². The number of hydrogen-bond acceptors (Lipinski definition) is 2. The fraction of sp³-hybridized carbons (Fsp3) is 0.778. The van der Waals surface area contributed by atoms with Gasteiger partial charge in [-0.3, -0.25) is 0 Å². The molecule has 0 spiro atoms. The van der Waals surface area contributed by atoms with Crippen molar-refractivity contribution in [2.75, 3.05) is 0 Å². The molecule has 154 valence electrons. The van der Waals surface area contributed by atoms with Gasteiger partial charge in [-0.25, -0.2) is 14.0 Å². The lowest BCUT2D eigenvalue weighted by molar-refractivity contribution is -0.424. The summed E-state index contributed by atoms with van der Waals surface area (Å²) in [5.74, 6) is -54.7. The standard InChI is InChI=1S/C9H3F13O4/c10-1(2(23)24)4(11,12)6(15,16)8(19,20)9(21,22)7(17,18)5(13,14)3(25)26/h1H,(H,23,24)(H,25,26). The van der Waals surface area contributed by atoms with Gasteiger partial charge in [0.15, 0.2) is 0 Å². The monoisotopic (exact) mass is 422 g/mol. The summed E-state index contributed by atoms with van der Waals surface area (Å²) >= 11 is 0. The van der Waals surface area contributed by atoms with E-state index in [1.54, 1.807) is 0 Å². The van der Waals surface area contributed by atoms with Gasteiger partial charge in [0.1, 0.15) is 0 Å². The Balaban J connectivity index is 6.53. The van der Waals surface area contributed by atoms with E-state index in [1.807, 2.05) is 0 Å². The number of hydrogen-bond donors (Lipinski definition) is 2. The number of rotatable bonds is 8. The van der Waals surface area contributed by atoms with Crippen LogP contribution in [0.15, 0.2) is 0 Å². The van der Waals surface area contributed by atoms with Crippen LogP contribution in [0, 0.1) is 0 Å². The highest BCUT2D eigenvalue weighted by Gasteiger charge is 2.92. The van der Waals surface area contributed by atoms with E-state index in [9.17, 15) is 66.7 Å². The zero-order valence-corrected chi connectivity index (χ0v) is 11.2. The molecule has 0 heterocycles. The number of alkyl halides is 13. The summed E-state index contributed by atoms with van der Waals surface area (Å²) in [6, 6.07) is 0.